The van der Waals surface area contributed by atoms with Crippen LogP contribution in [0.3, 0.4) is 0 Å². The second kappa shape index (κ2) is 9.48. The van der Waals surface area contributed by atoms with Crippen molar-refractivity contribution < 1.29 is 29.0 Å². The molecule has 1 aromatic heterocycles. The zero-order valence-corrected chi connectivity index (χ0v) is 21.8. The number of allylic oxidation sites excluding steroid dienone is 1. The highest BCUT2D eigenvalue weighted by molar-refractivity contribution is 9.10. The summed E-state index contributed by atoms with van der Waals surface area (Å²) in [6.07, 6.45) is 1.36. The summed E-state index contributed by atoms with van der Waals surface area (Å²) < 4.78 is 18.1. The highest BCUT2D eigenvalue weighted by Gasteiger charge is 2.34. The van der Waals surface area contributed by atoms with E-state index in [2.05, 4.69) is 20.9 Å². The van der Waals surface area contributed by atoms with E-state index in [1.807, 2.05) is 0 Å². The number of halogens is 1. The molecule has 190 valence electrons. The molecule has 0 bridgehead atoms. The van der Waals surface area contributed by atoms with Crippen molar-refractivity contribution >= 4 is 45.0 Å². The van der Waals surface area contributed by atoms with Crippen molar-refractivity contribution in [1.29, 1.82) is 0 Å². The van der Waals surface area contributed by atoms with Gasteiger partial charge in [-0.05, 0) is 43.7 Å². The number of fused-ring (bicyclic) bond motifs is 2. The minimum absolute atomic E-state index is 0.0589. The molecule has 5 rings (SSSR count). The molecule has 1 N–H and O–H groups in total. The molecule has 2 aromatic carbocycles. The van der Waals surface area contributed by atoms with Crippen LogP contribution in [0.15, 0.2) is 55.9 Å². The second-order valence-electron chi connectivity index (χ2n) is 8.03. The van der Waals surface area contributed by atoms with Crippen LogP contribution in [0.5, 0.6) is 17.2 Å². The Morgan fingerprint density at radius 3 is 2.84 bits per heavy atom. The minimum atomic E-state index is -0.877. The first-order valence-corrected chi connectivity index (χ1v) is 12.6. The van der Waals surface area contributed by atoms with Crippen molar-refractivity contribution in [2.24, 2.45) is 4.99 Å². The monoisotopic (exact) mass is 587 g/mol. The Kier molecular flexibility index (Phi) is 6.33. The van der Waals surface area contributed by atoms with Gasteiger partial charge in [-0.1, -0.05) is 33.3 Å². The molecule has 0 spiro atoms. The molecule has 0 fully saturated rings. The topological polar surface area (TPSA) is 142 Å². The molecule has 2 aliphatic rings. The van der Waals surface area contributed by atoms with Gasteiger partial charge in [0.25, 0.3) is 5.56 Å². The SMILES string of the molecule is CCOC(=O)C1=C(C)N=c2s/c(=C\c3cc(Br)cc([N+](=O)[O-])c3O)c(=O)n2[C@H]1c1ccc2c(c1)OCO2. The number of hydrogen-bond donors (Lipinski definition) is 1. The number of thiazole rings is 1. The number of aromatic nitrogens is 1. The zero-order valence-electron chi connectivity index (χ0n) is 19.4. The fraction of sp³-hybridized carbons (Fsp3) is 0.208. The van der Waals surface area contributed by atoms with E-state index in [1.165, 1.54) is 22.8 Å². The van der Waals surface area contributed by atoms with Crippen molar-refractivity contribution in [3.63, 3.8) is 0 Å². The Labute approximate surface area is 220 Å². The van der Waals surface area contributed by atoms with Crippen molar-refractivity contribution in [3.05, 3.63) is 87.0 Å². The minimum Gasteiger partial charge on any atom is -0.502 e. The molecule has 3 heterocycles. The quantitative estimate of drug-likeness (QED) is 0.273. The number of phenols is 1. The van der Waals surface area contributed by atoms with E-state index in [1.54, 1.807) is 32.0 Å². The fourth-order valence-corrected chi connectivity index (χ4v) is 5.69. The number of phenolic OH excluding ortho intramolecular Hbond substituents is 1. The molecule has 0 amide bonds. The molecule has 1 atom stereocenters. The number of carbonyl (C=O) groups is 1. The van der Waals surface area contributed by atoms with E-state index in [9.17, 15) is 24.8 Å². The number of carbonyl (C=O) groups excluding carboxylic acids is 1. The Morgan fingerprint density at radius 2 is 2.11 bits per heavy atom. The second-order valence-corrected chi connectivity index (χ2v) is 9.96. The first kappa shape index (κ1) is 24.7. The van der Waals surface area contributed by atoms with Crippen LogP contribution in [0, 0.1) is 10.1 Å². The standard InChI is InChI=1S/C24H18BrN3O8S/c1-3-34-23(31)19-11(2)26-24-27(20(19)12-4-5-16-17(7-12)36-10-35-16)22(30)18(37-24)8-13-6-14(25)9-15(21(13)29)28(32)33/h4-9,20,29H,3,10H2,1-2H3/b18-8-/t20-/m0/s1. The average molecular weight is 588 g/mol. The number of rotatable bonds is 5. The van der Waals surface area contributed by atoms with Crippen LogP contribution in [-0.4, -0.2) is 34.0 Å². The van der Waals surface area contributed by atoms with Gasteiger partial charge >= 0.3 is 11.7 Å². The van der Waals surface area contributed by atoms with E-state index in [-0.39, 0.29) is 29.1 Å². The van der Waals surface area contributed by atoms with Gasteiger partial charge in [-0.2, -0.15) is 0 Å². The van der Waals surface area contributed by atoms with E-state index >= 15 is 0 Å². The summed E-state index contributed by atoms with van der Waals surface area (Å²) in [4.78, 5) is 42.1. The van der Waals surface area contributed by atoms with Gasteiger partial charge in [0.1, 0.15) is 0 Å². The molecule has 11 nitrogen and oxygen atoms in total. The maximum atomic E-state index is 13.7. The summed E-state index contributed by atoms with van der Waals surface area (Å²) >= 11 is 4.23. The maximum absolute atomic E-state index is 13.7. The molecule has 0 unspecified atom stereocenters. The number of ether oxygens (including phenoxy) is 3. The van der Waals surface area contributed by atoms with Gasteiger partial charge in [0.15, 0.2) is 16.3 Å². The molecule has 2 aliphatic heterocycles. The van der Waals surface area contributed by atoms with Crippen LogP contribution < -0.4 is 24.4 Å². The van der Waals surface area contributed by atoms with Crippen molar-refractivity contribution in [1.82, 2.24) is 4.57 Å². The van der Waals surface area contributed by atoms with E-state index in [0.717, 1.165) is 11.3 Å². The van der Waals surface area contributed by atoms with Crippen LogP contribution in [0.4, 0.5) is 5.69 Å². The Morgan fingerprint density at radius 1 is 1.35 bits per heavy atom. The maximum Gasteiger partial charge on any atom is 0.338 e. The van der Waals surface area contributed by atoms with Gasteiger partial charge in [-0.25, -0.2) is 9.79 Å². The molecule has 0 saturated carbocycles. The van der Waals surface area contributed by atoms with Crippen LogP contribution in [0.2, 0.25) is 0 Å². The molecular formula is C24H18BrN3O8S. The number of hydrogen-bond acceptors (Lipinski definition) is 10. The fourth-order valence-electron chi connectivity index (χ4n) is 4.19. The normalized spacial score (nSPS) is 16.4. The zero-order chi connectivity index (χ0) is 26.4. The number of nitro groups is 1. The Balaban J connectivity index is 1.74. The van der Waals surface area contributed by atoms with Gasteiger partial charge in [0.2, 0.25) is 12.5 Å². The van der Waals surface area contributed by atoms with E-state index < -0.39 is 33.9 Å². The molecular weight excluding hydrogens is 570 g/mol. The summed E-state index contributed by atoms with van der Waals surface area (Å²) in [6, 6.07) is 6.89. The number of nitro benzene ring substituents is 1. The largest absolute Gasteiger partial charge is 0.502 e. The molecule has 3 aromatic rings. The third-order valence-electron chi connectivity index (χ3n) is 5.80. The van der Waals surface area contributed by atoms with Gasteiger partial charge < -0.3 is 19.3 Å². The number of nitrogens with zero attached hydrogens (tertiary/aromatic N) is 3. The lowest BCUT2D eigenvalue weighted by Gasteiger charge is -2.24. The van der Waals surface area contributed by atoms with Crippen LogP contribution >= 0.6 is 27.3 Å². The van der Waals surface area contributed by atoms with Crippen LogP contribution in [-0.2, 0) is 9.53 Å². The third kappa shape index (κ3) is 4.29. The first-order valence-electron chi connectivity index (χ1n) is 11.0. The summed E-state index contributed by atoms with van der Waals surface area (Å²) in [5.74, 6) is -0.166. The van der Waals surface area contributed by atoms with Crippen molar-refractivity contribution in [2.75, 3.05) is 13.4 Å². The summed E-state index contributed by atoms with van der Waals surface area (Å²) in [5.41, 5.74) is 0.229. The number of esters is 1. The molecule has 13 heteroatoms. The van der Waals surface area contributed by atoms with Gasteiger partial charge in [-0.3, -0.25) is 19.5 Å². The Hall–Kier alpha value is -3.97. The summed E-state index contributed by atoms with van der Waals surface area (Å²) in [5, 5.41) is 21.8. The lowest BCUT2D eigenvalue weighted by atomic mass is 9.95. The van der Waals surface area contributed by atoms with Crippen molar-refractivity contribution in [3.8, 4) is 17.2 Å². The van der Waals surface area contributed by atoms with E-state index in [0.29, 0.717) is 32.0 Å². The lowest BCUT2D eigenvalue weighted by molar-refractivity contribution is -0.385. The Bertz CT molecular complexity index is 1690. The smallest absolute Gasteiger partial charge is 0.338 e. The summed E-state index contributed by atoms with van der Waals surface area (Å²) in [6.45, 7) is 3.54. The highest BCUT2D eigenvalue weighted by atomic mass is 79.9. The third-order valence-corrected chi connectivity index (χ3v) is 7.24. The van der Waals surface area contributed by atoms with Gasteiger partial charge in [-0.15, -0.1) is 0 Å². The highest BCUT2D eigenvalue weighted by Crippen LogP contribution is 2.38. The van der Waals surface area contributed by atoms with Crippen LogP contribution in [0.1, 0.15) is 31.0 Å². The summed E-state index contributed by atoms with van der Waals surface area (Å²) in [7, 11) is 0. The van der Waals surface area contributed by atoms with Gasteiger partial charge in [0.05, 0.1) is 33.4 Å². The number of benzene rings is 2. The predicted octanol–water partition coefficient (Wildman–Crippen LogP) is 2.90. The average Bonchev–Trinajstić information content (AvgIpc) is 3.44. The molecule has 0 radical (unpaired) electrons. The lowest BCUT2D eigenvalue weighted by Crippen LogP contribution is -2.39. The predicted molar refractivity (Wildman–Crippen MR) is 135 cm³/mol. The van der Waals surface area contributed by atoms with E-state index in [4.69, 9.17) is 14.2 Å². The molecule has 0 aliphatic carbocycles. The van der Waals surface area contributed by atoms with Crippen LogP contribution in [0.25, 0.3) is 6.08 Å². The first-order chi connectivity index (χ1) is 17.7. The van der Waals surface area contributed by atoms with Gasteiger partial charge in [0, 0.05) is 16.1 Å². The molecule has 37 heavy (non-hydrogen) atoms. The number of aromatic hydroxyl groups is 1. The molecule has 0 saturated heterocycles. The van der Waals surface area contributed by atoms with Crippen molar-refractivity contribution in [2.45, 2.75) is 19.9 Å².